The molecule has 7 nitrogen and oxygen atoms in total. The van der Waals surface area contributed by atoms with Crippen molar-refractivity contribution in [3.05, 3.63) is 48.0 Å². The number of benzene rings is 2. The number of amides is 2. The lowest BCUT2D eigenvalue weighted by Gasteiger charge is -2.55. The maximum absolute atomic E-state index is 13.1. The highest BCUT2D eigenvalue weighted by Crippen LogP contribution is 2.52. The Morgan fingerprint density at radius 3 is 2.68 bits per heavy atom. The fraction of sp³-hybridized carbons (Fsp3) is 0.417. The van der Waals surface area contributed by atoms with Crippen molar-refractivity contribution in [2.24, 2.45) is 17.8 Å². The van der Waals surface area contributed by atoms with E-state index in [9.17, 15) is 9.59 Å². The maximum atomic E-state index is 13.1. The molecule has 2 N–H and O–H groups in total. The largest absolute Gasteiger partial charge is 0.493 e. The molecule has 2 bridgehead atoms. The molecule has 0 aromatic heterocycles. The van der Waals surface area contributed by atoms with Crippen molar-refractivity contribution in [3.63, 3.8) is 0 Å². The second-order valence-electron chi connectivity index (χ2n) is 8.58. The van der Waals surface area contributed by atoms with Gasteiger partial charge in [0.25, 0.3) is 5.91 Å². The number of rotatable bonds is 4. The van der Waals surface area contributed by atoms with E-state index in [1.807, 2.05) is 24.3 Å². The van der Waals surface area contributed by atoms with Crippen LogP contribution in [-0.4, -0.2) is 31.8 Å². The number of carbonyl (C=O) groups excluding carboxylic acids is 2. The summed E-state index contributed by atoms with van der Waals surface area (Å²) >= 11 is 0. The van der Waals surface area contributed by atoms with Gasteiger partial charge in [0.15, 0.2) is 17.2 Å². The van der Waals surface area contributed by atoms with E-state index in [2.05, 4.69) is 10.6 Å². The molecule has 4 unspecified atom stereocenters. The number of fused-ring (bicyclic) bond motifs is 3. The third-order valence-corrected chi connectivity index (χ3v) is 6.96. The van der Waals surface area contributed by atoms with Crippen LogP contribution in [0.3, 0.4) is 0 Å². The highest BCUT2D eigenvalue weighted by molar-refractivity contribution is 5.98. The molecule has 1 heterocycles. The first-order valence-electron chi connectivity index (χ1n) is 10.7. The third kappa shape index (κ3) is 3.28. The minimum absolute atomic E-state index is 0.000643. The monoisotopic (exact) mass is 422 g/mol. The first-order valence-corrected chi connectivity index (χ1v) is 10.7. The highest BCUT2D eigenvalue weighted by Gasteiger charge is 2.57. The lowest BCUT2D eigenvalue weighted by molar-refractivity contribution is -0.142. The van der Waals surface area contributed by atoms with Gasteiger partial charge in [0.2, 0.25) is 5.91 Å². The van der Waals surface area contributed by atoms with Crippen molar-refractivity contribution in [2.75, 3.05) is 19.5 Å². The molecule has 1 aliphatic heterocycles. The number of para-hydroxylation sites is 1. The van der Waals surface area contributed by atoms with Gasteiger partial charge in [-0.2, -0.15) is 0 Å². The summed E-state index contributed by atoms with van der Waals surface area (Å²) in [6, 6.07) is 12.7. The molecule has 4 aliphatic rings. The molecule has 2 amide bonds. The van der Waals surface area contributed by atoms with E-state index < -0.39 is 5.72 Å². The molecular formula is C24H26N2O5. The van der Waals surface area contributed by atoms with Gasteiger partial charge in [-0.05, 0) is 49.4 Å². The molecule has 7 heteroatoms. The van der Waals surface area contributed by atoms with E-state index in [1.165, 1.54) is 0 Å². The van der Waals surface area contributed by atoms with Crippen molar-refractivity contribution < 1.29 is 23.8 Å². The van der Waals surface area contributed by atoms with Crippen LogP contribution in [0.15, 0.2) is 42.5 Å². The second-order valence-corrected chi connectivity index (χ2v) is 8.58. The van der Waals surface area contributed by atoms with Crippen molar-refractivity contribution in [3.8, 4) is 17.2 Å². The SMILES string of the molecule is COc1ccc(NC(=O)C2CC3CCC2CC32NC(=O)c3ccccc3O2)cc1OC. The van der Waals surface area contributed by atoms with Gasteiger partial charge in [0, 0.05) is 30.0 Å². The Hall–Kier alpha value is -3.22. The summed E-state index contributed by atoms with van der Waals surface area (Å²) in [4.78, 5) is 25.8. The van der Waals surface area contributed by atoms with Crippen LogP contribution in [-0.2, 0) is 4.79 Å². The Morgan fingerprint density at radius 2 is 1.94 bits per heavy atom. The quantitative estimate of drug-likeness (QED) is 0.786. The van der Waals surface area contributed by atoms with E-state index in [1.54, 1.807) is 32.4 Å². The average Bonchev–Trinajstić information content (AvgIpc) is 2.79. The zero-order valence-corrected chi connectivity index (χ0v) is 17.6. The van der Waals surface area contributed by atoms with Gasteiger partial charge in [-0.25, -0.2) is 0 Å². The Balaban J connectivity index is 1.33. The van der Waals surface area contributed by atoms with Gasteiger partial charge >= 0.3 is 0 Å². The Kier molecular flexibility index (Phi) is 4.76. The Morgan fingerprint density at radius 1 is 1.13 bits per heavy atom. The number of hydrogen-bond acceptors (Lipinski definition) is 5. The van der Waals surface area contributed by atoms with Crippen LogP contribution in [0.5, 0.6) is 17.2 Å². The molecule has 2 aromatic carbocycles. The number of anilines is 1. The Labute approximate surface area is 181 Å². The molecule has 3 saturated carbocycles. The van der Waals surface area contributed by atoms with E-state index in [-0.39, 0.29) is 29.6 Å². The second kappa shape index (κ2) is 7.48. The van der Waals surface area contributed by atoms with Crippen molar-refractivity contribution in [2.45, 2.75) is 31.4 Å². The molecule has 3 fully saturated rings. The fourth-order valence-corrected chi connectivity index (χ4v) is 5.43. The zero-order valence-electron chi connectivity index (χ0n) is 17.6. The van der Waals surface area contributed by atoms with Gasteiger partial charge in [-0.1, -0.05) is 12.1 Å². The van der Waals surface area contributed by atoms with Crippen molar-refractivity contribution in [1.29, 1.82) is 0 Å². The van der Waals surface area contributed by atoms with Gasteiger partial charge < -0.3 is 24.8 Å². The normalized spacial score (nSPS) is 28.3. The first-order chi connectivity index (χ1) is 15.0. The fourth-order valence-electron chi connectivity index (χ4n) is 5.43. The molecular weight excluding hydrogens is 396 g/mol. The number of carbonyl (C=O) groups is 2. The summed E-state index contributed by atoms with van der Waals surface area (Å²) in [5.41, 5.74) is 0.529. The predicted molar refractivity (Wildman–Crippen MR) is 114 cm³/mol. The van der Waals surface area contributed by atoms with Crippen LogP contribution in [0.2, 0.25) is 0 Å². The van der Waals surface area contributed by atoms with Crippen LogP contribution >= 0.6 is 0 Å². The molecule has 3 aliphatic carbocycles. The molecule has 4 atom stereocenters. The minimum Gasteiger partial charge on any atom is -0.493 e. The number of methoxy groups -OCH3 is 2. The topological polar surface area (TPSA) is 85.9 Å². The molecule has 6 rings (SSSR count). The van der Waals surface area contributed by atoms with Crippen LogP contribution in [0.1, 0.15) is 36.0 Å². The number of nitrogens with one attached hydrogen (secondary N) is 2. The predicted octanol–water partition coefficient (Wildman–Crippen LogP) is 3.60. The van der Waals surface area contributed by atoms with E-state index >= 15 is 0 Å². The standard InChI is InChI=1S/C24H26N2O5/c1-29-20-10-9-16(12-21(20)30-2)25-22(27)18-11-15-8-7-14(18)13-24(15)26-23(28)17-5-3-4-6-19(17)31-24/h3-6,9-10,12,14-15,18H,7-8,11,13H2,1-2H3,(H,25,27)(H,26,28). The average molecular weight is 422 g/mol. The Bertz CT molecular complexity index is 1040. The molecule has 2 aromatic rings. The minimum atomic E-state index is -0.714. The number of ether oxygens (including phenoxy) is 3. The molecule has 0 radical (unpaired) electrons. The molecule has 31 heavy (non-hydrogen) atoms. The lowest BCUT2D eigenvalue weighted by Crippen LogP contribution is -2.66. The van der Waals surface area contributed by atoms with Crippen LogP contribution in [0.4, 0.5) is 5.69 Å². The van der Waals surface area contributed by atoms with E-state index in [0.717, 1.165) is 12.8 Å². The van der Waals surface area contributed by atoms with Gasteiger partial charge in [-0.3, -0.25) is 9.59 Å². The lowest BCUT2D eigenvalue weighted by atomic mass is 9.60. The molecule has 0 saturated heterocycles. The van der Waals surface area contributed by atoms with Gasteiger partial charge in [0.1, 0.15) is 5.75 Å². The smallest absolute Gasteiger partial charge is 0.258 e. The highest BCUT2D eigenvalue weighted by atomic mass is 16.5. The van der Waals surface area contributed by atoms with Crippen LogP contribution in [0, 0.1) is 17.8 Å². The van der Waals surface area contributed by atoms with E-state index in [0.29, 0.717) is 41.3 Å². The van der Waals surface area contributed by atoms with Gasteiger partial charge in [0.05, 0.1) is 19.8 Å². The summed E-state index contributed by atoms with van der Waals surface area (Å²) in [6.07, 6.45) is 3.22. The summed E-state index contributed by atoms with van der Waals surface area (Å²) in [5.74, 6) is 1.85. The summed E-state index contributed by atoms with van der Waals surface area (Å²) in [7, 11) is 3.15. The maximum Gasteiger partial charge on any atom is 0.258 e. The first kappa shape index (κ1) is 19.7. The summed E-state index contributed by atoms with van der Waals surface area (Å²) in [6.45, 7) is 0. The van der Waals surface area contributed by atoms with Gasteiger partial charge in [-0.15, -0.1) is 0 Å². The van der Waals surface area contributed by atoms with Crippen molar-refractivity contribution >= 4 is 17.5 Å². The summed E-state index contributed by atoms with van der Waals surface area (Å²) < 4.78 is 17.0. The summed E-state index contributed by atoms with van der Waals surface area (Å²) in [5, 5.41) is 6.17. The van der Waals surface area contributed by atoms with Crippen LogP contribution in [0.25, 0.3) is 0 Å². The van der Waals surface area contributed by atoms with Crippen molar-refractivity contribution in [1.82, 2.24) is 5.32 Å². The zero-order chi connectivity index (χ0) is 21.6. The molecule has 162 valence electrons. The van der Waals surface area contributed by atoms with Crippen LogP contribution < -0.4 is 24.8 Å². The third-order valence-electron chi connectivity index (χ3n) is 6.96. The number of hydrogen-bond donors (Lipinski definition) is 2. The molecule has 1 spiro atoms. The van der Waals surface area contributed by atoms with E-state index in [4.69, 9.17) is 14.2 Å².